The number of aromatic nitrogens is 2. The maximum absolute atomic E-state index is 12.8. The lowest BCUT2D eigenvalue weighted by atomic mass is 10.2. The van der Waals surface area contributed by atoms with Crippen molar-refractivity contribution in [3.05, 3.63) is 60.4 Å². The Kier molecular flexibility index (Phi) is 7.50. The Morgan fingerprint density at radius 1 is 1.18 bits per heavy atom. The van der Waals surface area contributed by atoms with E-state index in [1.165, 1.54) is 12.1 Å². The molecule has 1 aliphatic heterocycles. The van der Waals surface area contributed by atoms with Gasteiger partial charge >= 0.3 is 0 Å². The molecule has 3 aromatic rings. The molecule has 0 aliphatic carbocycles. The second-order valence-corrected chi connectivity index (χ2v) is 10.4. The maximum atomic E-state index is 12.8. The SMILES string of the molecule is O=C(NO)[C@H](CNS(=O)(=O)c1ccc(OCc2cnn3ccccc23)cc1)N1CCSCC1. The summed E-state index contributed by atoms with van der Waals surface area (Å²) >= 11 is 1.77. The molecule has 2 aromatic heterocycles. The van der Waals surface area contributed by atoms with Crippen LogP contribution >= 0.6 is 11.8 Å². The summed E-state index contributed by atoms with van der Waals surface area (Å²) in [6.45, 7) is 1.43. The topological polar surface area (TPSA) is 125 Å². The van der Waals surface area contributed by atoms with Crippen molar-refractivity contribution in [2.24, 2.45) is 0 Å². The number of sulfonamides is 1. The molecule has 0 saturated carbocycles. The van der Waals surface area contributed by atoms with Crippen LogP contribution in [-0.4, -0.2) is 71.2 Å². The Labute approximate surface area is 195 Å². The normalized spacial score (nSPS) is 15.9. The number of hydrogen-bond acceptors (Lipinski definition) is 8. The van der Waals surface area contributed by atoms with Gasteiger partial charge in [-0.15, -0.1) is 0 Å². The zero-order chi connectivity index (χ0) is 23.3. The van der Waals surface area contributed by atoms with Crippen LogP contribution in [-0.2, 0) is 21.4 Å². The van der Waals surface area contributed by atoms with Crippen molar-refractivity contribution in [1.29, 1.82) is 0 Å². The van der Waals surface area contributed by atoms with Gasteiger partial charge in [-0.3, -0.25) is 14.9 Å². The number of hydroxylamine groups is 1. The molecule has 3 heterocycles. The summed E-state index contributed by atoms with van der Waals surface area (Å²) in [5.74, 6) is 1.57. The van der Waals surface area contributed by atoms with Gasteiger partial charge in [0.1, 0.15) is 18.4 Å². The number of amides is 1. The van der Waals surface area contributed by atoms with Gasteiger partial charge in [0.15, 0.2) is 0 Å². The van der Waals surface area contributed by atoms with Crippen LogP contribution in [0, 0.1) is 0 Å². The number of carbonyl (C=O) groups excluding carboxylic acids is 1. The summed E-state index contributed by atoms with van der Waals surface area (Å²) in [6, 6.07) is 11.0. The van der Waals surface area contributed by atoms with Crippen LogP contribution in [0.15, 0.2) is 59.8 Å². The minimum atomic E-state index is -3.85. The largest absolute Gasteiger partial charge is 0.489 e. The van der Waals surface area contributed by atoms with E-state index in [1.807, 2.05) is 29.3 Å². The predicted octanol–water partition coefficient (Wildman–Crippen LogP) is 1.11. The van der Waals surface area contributed by atoms with E-state index < -0.39 is 22.0 Å². The predicted molar refractivity (Wildman–Crippen MR) is 124 cm³/mol. The highest BCUT2D eigenvalue weighted by atomic mass is 32.2. The number of hydrogen-bond donors (Lipinski definition) is 3. The van der Waals surface area contributed by atoms with Gasteiger partial charge < -0.3 is 4.74 Å². The van der Waals surface area contributed by atoms with Crippen LogP contribution in [0.1, 0.15) is 5.56 Å². The lowest BCUT2D eigenvalue weighted by molar-refractivity contribution is -0.134. The molecular weight excluding hydrogens is 466 g/mol. The van der Waals surface area contributed by atoms with Gasteiger partial charge in [0.25, 0.3) is 5.91 Å². The first-order chi connectivity index (χ1) is 16.0. The summed E-state index contributed by atoms with van der Waals surface area (Å²) in [5, 5.41) is 13.3. The quantitative estimate of drug-likeness (QED) is 0.300. The lowest BCUT2D eigenvalue weighted by Gasteiger charge is -2.32. The van der Waals surface area contributed by atoms with Crippen LogP contribution in [0.5, 0.6) is 5.75 Å². The molecule has 12 heteroatoms. The summed E-state index contributed by atoms with van der Waals surface area (Å²) < 4.78 is 35.5. The molecule has 1 aromatic carbocycles. The van der Waals surface area contributed by atoms with Gasteiger partial charge in [0.2, 0.25) is 10.0 Å². The molecule has 0 bridgehead atoms. The molecular formula is C21H25N5O5S2. The fourth-order valence-electron chi connectivity index (χ4n) is 3.60. The second kappa shape index (κ2) is 10.5. The van der Waals surface area contributed by atoms with E-state index in [2.05, 4.69) is 9.82 Å². The van der Waals surface area contributed by atoms with Crippen LogP contribution in [0.2, 0.25) is 0 Å². The number of fused-ring (bicyclic) bond motifs is 1. The van der Waals surface area contributed by atoms with Crippen LogP contribution < -0.4 is 14.9 Å². The Morgan fingerprint density at radius 2 is 1.94 bits per heavy atom. The average Bonchev–Trinajstić information content (AvgIpc) is 3.26. The molecule has 1 atom stereocenters. The molecule has 176 valence electrons. The highest BCUT2D eigenvalue weighted by Gasteiger charge is 2.29. The fraction of sp³-hybridized carbons (Fsp3) is 0.333. The molecule has 33 heavy (non-hydrogen) atoms. The maximum Gasteiger partial charge on any atom is 0.262 e. The number of nitrogens with one attached hydrogen (secondary N) is 2. The van der Waals surface area contributed by atoms with Crippen molar-refractivity contribution < 1.29 is 23.2 Å². The van der Waals surface area contributed by atoms with Crippen molar-refractivity contribution in [2.75, 3.05) is 31.1 Å². The third-order valence-corrected chi connectivity index (χ3v) is 7.78. The molecule has 1 saturated heterocycles. The number of rotatable bonds is 9. The summed E-state index contributed by atoms with van der Waals surface area (Å²) in [7, 11) is -3.85. The lowest BCUT2D eigenvalue weighted by Crippen LogP contribution is -2.54. The third kappa shape index (κ3) is 5.65. The van der Waals surface area contributed by atoms with Crippen molar-refractivity contribution in [2.45, 2.75) is 17.5 Å². The van der Waals surface area contributed by atoms with Crippen LogP contribution in [0.4, 0.5) is 0 Å². The van der Waals surface area contributed by atoms with E-state index in [0.29, 0.717) is 25.4 Å². The van der Waals surface area contributed by atoms with Gasteiger partial charge in [-0.2, -0.15) is 16.9 Å². The standard InChI is InChI=1S/C21H25N5O5S2/c27-21(24-28)20(25-9-11-32-12-10-25)14-23-33(29,30)18-6-4-17(5-7-18)31-15-16-13-22-26-8-2-1-3-19(16)26/h1-8,13,20,23,28H,9-12,14-15H2,(H,24,27)/t20-/m0/s1. The zero-order valence-corrected chi connectivity index (χ0v) is 19.4. The van der Waals surface area contributed by atoms with E-state index in [1.54, 1.807) is 40.1 Å². The van der Waals surface area contributed by atoms with Gasteiger partial charge in [-0.05, 0) is 36.4 Å². The zero-order valence-electron chi connectivity index (χ0n) is 17.8. The molecule has 10 nitrogen and oxygen atoms in total. The number of thioether (sulfide) groups is 1. The van der Waals surface area contributed by atoms with Gasteiger partial charge in [-0.25, -0.2) is 23.1 Å². The molecule has 0 spiro atoms. The smallest absolute Gasteiger partial charge is 0.262 e. The van der Waals surface area contributed by atoms with E-state index in [4.69, 9.17) is 9.94 Å². The molecule has 3 N–H and O–H groups in total. The summed E-state index contributed by atoms with van der Waals surface area (Å²) in [5.41, 5.74) is 3.49. The van der Waals surface area contributed by atoms with Crippen molar-refractivity contribution in [3.8, 4) is 5.75 Å². The fourth-order valence-corrected chi connectivity index (χ4v) is 5.57. The van der Waals surface area contributed by atoms with Crippen LogP contribution in [0.3, 0.4) is 0 Å². The number of nitrogens with zero attached hydrogens (tertiary/aromatic N) is 3. The van der Waals surface area contributed by atoms with Gasteiger partial charge in [0.05, 0.1) is 16.6 Å². The van der Waals surface area contributed by atoms with Gasteiger partial charge in [0, 0.05) is 42.9 Å². The molecule has 0 unspecified atom stereocenters. The third-order valence-electron chi connectivity index (χ3n) is 5.40. The number of ether oxygens (including phenoxy) is 1. The monoisotopic (exact) mass is 491 g/mol. The van der Waals surface area contributed by atoms with Gasteiger partial charge in [-0.1, -0.05) is 6.07 Å². The van der Waals surface area contributed by atoms with E-state index in [0.717, 1.165) is 22.6 Å². The molecule has 1 amide bonds. The van der Waals surface area contributed by atoms with E-state index >= 15 is 0 Å². The average molecular weight is 492 g/mol. The molecule has 4 rings (SSSR count). The van der Waals surface area contributed by atoms with Crippen molar-refractivity contribution >= 4 is 33.2 Å². The number of benzene rings is 1. The minimum absolute atomic E-state index is 0.0585. The molecule has 0 radical (unpaired) electrons. The summed E-state index contributed by atoms with van der Waals surface area (Å²) in [4.78, 5) is 14.0. The second-order valence-electron chi connectivity index (χ2n) is 7.45. The first-order valence-corrected chi connectivity index (χ1v) is 13.0. The Morgan fingerprint density at radius 3 is 2.67 bits per heavy atom. The van der Waals surface area contributed by atoms with Crippen molar-refractivity contribution in [3.63, 3.8) is 0 Å². The van der Waals surface area contributed by atoms with E-state index in [9.17, 15) is 13.2 Å². The minimum Gasteiger partial charge on any atom is -0.489 e. The number of carbonyl (C=O) groups is 1. The molecule has 1 fully saturated rings. The first-order valence-electron chi connectivity index (χ1n) is 10.4. The van der Waals surface area contributed by atoms with Crippen LogP contribution in [0.25, 0.3) is 5.52 Å². The van der Waals surface area contributed by atoms with E-state index in [-0.39, 0.29) is 11.4 Å². The Hall–Kier alpha value is -2.64. The highest BCUT2D eigenvalue weighted by molar-refractivity contribution is 7.99. The van der Waals surface area contributed by atoms with Crippen molar-refractivity contribution in [1.82, 2.24) is 24.7 Å². The Bertz CT molecular complexity index is 1190. The summed E-state index contributed by atoms with van der Waals surface area (Å²) in [6.07, 6.45) is 3.59. The molecule has 1 aliphatic rings. The highest BCUT2D eigenvalue weighted by Crippen LogP contribution is 2.19. The first kappa shape index (κ1) is 23.5. The Balaban J connectivity index is 1.38. The number of pyridine rings is 1.